The zero-order valence-corrected chi connectivity index (χ0v) is 14.5. The Bertz CT molecular complexity index is 862. The lowest BCUT2D eigenvalue weighted by molar-refractivity contribution is 0.0917. The zero-order valence-electron chi connectivity index (χ0n) is 14.5. The average molecular weight is 351 g/mol. The normalized spacial score (nSPS) is 11.8. The number of aliphatic hydroxyl groups excluding tert-OH is 1. The van der Waals surface area contributed by atoms with Crippen LogP contribution in [0.3, 0.4) is 0 Å². The minimum Gasteiger partial charge on any atom is -0.496 e. The molecule has 0 saturated carbocycles. The molecule has 0 aliphatic carbocycles. The fourth-order valence-electron chi connectivity index (χ4n) is 2.84. The molecule has 134 valence electrons. The van der Waals surface area contributed by atoms with Gasteiger partial charge in [-0.1, -0.05) is 42.5 Å². The Morgan fingerprint density at radius 2 is 1.92 bits per heavy atom. The number of H-pyrrole nitrogens is 1. The van der Waals surface area contributed by atoms with Gasteiger partial charge in [-0.25, -0.2) is 0 Å². The summed E-state index contributed by atoms with van der Waals surface area (Å²) in [5.74, 6) is 0.350. The summed E-state index contributed by atoms with van der Waals surface area (Å²) in [6.07, 6.45) is 2.03. The van der Waals surface area contributed by atoms with E-state index in [9.17, 15) is 9.90 Å². The van der Waals surface area contributed by atoms with Crippen molar-refractivity contribution < 1.29 is 14.6 Å². The molecule has 1 atom stereocenters. The molecule has 0 aliphatic rings. The van der Waals surface area contributed by atoms with Crippen molar-refractivity contribution in [2.24, 2.45) is 0 Å². The molecule has 0 fully saturated rings. The first-order valence-electron chi connectivity index (χ1n) is 8.35. The molecule has 1 amide bonds. The van der Waals surface area contributed by atoms with Gasteiger partial charge in [0, 0.05) is 5.56 Å². The van der Waals surface area contributed by atoms with Gasteiger partial charge in [-0.15, -0.1) is 0 Å². The number of para-hydroxylation sites is 1. The molecule has 6 nitrogen and oxygen atoms in total. The van der Waals surface area contributed by atoms with Crippen LogP contribution in [0.15, 0.2) is 60.8 Å². The summed E-state index contributed by atoms with van der Waals surface area (Å²) in [5.41, 5.74) is 2.78. The van der Waals surface area contributed by atoms with Crippen LogP contribution >= 0.6 is 0 Å². The van der Waals surface area contributed by atoms with Crippen LogP contribution in [0.4, 0.5) is 0 Å². The van der Waals surface area contributed by atoms with E-state index in [1.165, 1.54) is 6.20 Å². The second-order valence-electron chi connectivity index (χ2n) is 5.90. The smallest absolute Gasteiger partial charge is 0.255 e. The SMILES string of the molecule is COc1ccccc1-c1[nH]ncc1C(=O)N[C@H](CO)Cc1ccccc1. The van der Waals surface area contributed by atoms with Crippen LogP contribution < -0.4 is 10.1 Å². The molecule has 26 heavy (non-hydrogen) atoms. The van der Waals surface area contributed by atoms with Gasteiger partial charge in [0.25, 0.3) is 5.91 Å². The number of aromatic nitrogens is 2. The molecule has 0 aliphatic heterocycles. The molecule has 1 heterocycles. The van der Waals surface area contributed by atoms with Crippen molar-refractivity contribution in [2.75, 3.05) is 13.7 Å². The third-order valence-electron chi connectivity index (χ3n) is 4.14. The van der Waals surface area contributed by atoms with Gasteiger partial charge in [-0.05, 0) is 24.1 Å². The number of hydrogen-bond acceptors (Lipinski definition) is 4. The van der Waals surface area contributed by atoms with Crippen LogP contribution in [-0.4, -0.2) is 41.0 Å². The van der Waals surface area contributed by atoms with Crippen molar-refractivity contribution in [3.63, 3.8) is 0 Å². The lowest BCUT2D eigenvalue weighted by Crippen LogP contribution is -2.39. The van der Waals surface area contributed by atoms with E-state index in [0.29, 0.717) is 23.4 Å². The number of ether oxygens (including phenoxy) is 1. The van der Waals surface area contributed by atoms with E-state index in [0.717, 1.165) is 11.1 Å². The number of carbonyl (C=O) groups excluding carboxylic acids is 1. The van der Waals surface area contributed by atoms with Gasteiger partial charge in [0.1, 0.15) is 5.75 Å². The fourth-order valence-corrected chi connectivity index (χ4v) is 2.84. The Kier molecular flexibility index (Phi) is 5.66. The van der Waals surface area contributed by atoms with Gasteiger partial charge in [-0.3, -0.25) is 9.89 Å². The van der Waals surface area contributed by atoms with E-state index < -0.39 is 0 Å². The molecule has 1 aromatic heterocycles. The maximum Gasteiger partial charge on any atom is 0.255 e. The third-order valence-corrected chi connectivity index (χ3v) is 4.14. The molecule has 0 unspecified atom stereocenters. The molecule has 0 bridgehead atoms. The number of aromatic amines is 1. The second kappa shape index (κ2) is 8.31. The van der Waals surface area contributed by atoms with Crippen molar-refractivity contribution in [1.29, 1.82) is 0 Å². The molecule has 0 spiro atoms. The summed E-state index contributed by atoms with van der Waals surface area (Å²) >= 11 is 0. The standard InChI is InChI=1S/C20H21N3O3/c1-26-18-10-6-5-9-16(18)19-17(12-21-23-19)20(25)22-15(13-24)11-14-7-3-2-4-8-14/h2-10,12,15,24H,11,13H2,1H3,(H,21,23)(H,22,25)/t15-/m0/s1. The quantitative estimate of drug-likeness (QED) is 0.610. The predicted molar refractivity (Wildman–Crippen MR) is 99.1 cm³/mol. The van der Waals surface area contributed by atoms with Gasteiger partial charge in [0.15, 0.2) is 0 Å². The monoisotopic (exact) mass is 351 g/mol. The van der Waals surface area contributed by atoms with Crippen molar-refractivity contribution in [1.82, 2.24) is 15.5 Å². The Morgan fingerprint density at radius 1 is 1.19 bits per heavy atom. The maximum atomic E-state index is 12.7. The highest BCUT2D eigenvalue weighted by atomic mass is 16.5. The van der Waals surface area contributed by atoms with Crippen LogP contribution in [0.5, 0.6) is 5.75 Å². The van der Waals surface area contributed by atoms with Crippen LogP contribution in [0, 0.1) is 0 Å². The first kappa shape index (κ1) is 17.7. The third kappa shape index (κ3) is 3.92. The number of nitrogens with one attached hydrogen (secondary N) is 2. The van der Waals surface area contributed by atoms with Gasteiger partial charge in [0.2, 0.25) is 0 Å². The lowest BCUT2D eigenvalue weighted by Gasteiger charge is -2.16. The van der Waals surface area contributed by atoms with E-state index in [-0.39, 0.29) is 18.6 Å². The number of aliphatic hydroxyl groups is 1. The van der Waals surface area contributed by atoms with Crippen LogP contribution in [-0.2, 0) is 6.42 Å². The first-order valence-corrected chi connectivity index (χ1v) is 8.35. The van der Waals surface area contributed by atoms with Crippen LogP contribution in [0.25, 0.3) is 11.3 Å². The number of rotatable bonds is 7. The van der Waals surface area contributed by atoms with Crippen LogP contribution in [0.1, 0.15) is 15.9 Å². The first-order chi connectivity index (χ1) is 12.7. The van der Waals surface area contributed by atoms with Crippen molar-refractivity contribution in [2.45, 2.75) is 12.5 Å². The van der Waals surface area contributed by atoms with Crippen molar-refractivity contribution in [3.05, 3.63) is 71.9 Å². The highest BCUT2D eigenvalue weighted by Gasteiger charge is 2.20. The van der Waals surface area contributed by atoms with Crippen molar-refractivity contribution >= 4 is 5.91 Å². The molecular weight excluding hydrogens is 330 g/mol. The highest BCUT2D eigenvalue weighted by molar-refractivity contribution is 6.00. The summed E-state index contributed by atoms with van der Waals surface area (Å²) < 4.78 is 5.37. The van der Waals surface area contributed by atoms with E-state index in [2.05, 4.69) is 15.5 Å². The number of carbonyl (C=O) groups is 1. The minimum atomic E-state index is -0.384. The molecule has 3 aromatic rings. The maximum absolute atomic E-state index is 12.7. The molecule has 3 N–H and O–H groups in total. The molecule has 3 rings (SSSR count). The number of benzene rings is 2. The molecular formula is C20H21N3O3. The van der Waals surface area contributed by atoms with Gasteiger partial charge >= 0.3 is 0 Å². The molecule has 0 radical (unpaired) electrons. The second-order valence-corrected chi connectivity index (χ2v) is 5.90. The molecule has 0 saturated heterocycles. The lowest BCUT2D eigenvalue weighted by atomic mass is 10.0. The van der Waals surface area contributed by atoms with Crippen molar-refractivity contribution in [3.8, 4) is 17.0 Å². The predicted octanol–water partition coefficient (Wildman–Crippen LogP) is 2.42. The topological polar surface area (TPSA) is 87.2 Å². The number of amides is 1. The summed E-state index contributed by atoms with van der Waals surface area (Å²) in [6.45, 7) is -0.150. The highest BCUT2D eigenvalue weighted by Crippen LogP contribution is 2.30. The van der Waals surface area contributed by atoms with Gasteiger partial charge < -0.3 is 15.2 Å². The Labute approximate surface area is 151 Å². The zero-order chi connectivity index (χ0) is 18.4. The Morgan fingerprint density at radius 3 is 2.65 bits per heavy atom. The fraction of sp³-hybridized carbons (Fsp3) is 0.200. The number of methoxy groups -OCH3 is 1. The summed E-state index contributed by atoms with van der Waals surface area (Å²) in [7, 11) is 1.58. The van der Waals surface area contributed by atoms with E-state index in [1.807, 2.05) is 54.6 Å². The van der Waals surface area contributed by atoms with E-state index in [1.54, 1.807) is 7.11 Å². The minimum absolute atomic E-state index is 0.150. The van der Waals surface area contributed by atoms with E-state index >= 15 is 0 Å². The van der Waals surface area contributed by atoms with Gasteiger partial charge in [-0.2, -0.15) is 5.10 Å². The number of hydrogen-bond donors (Lipinski definition) is 3. The van der Waals surface area contributed by atoms with E-state index in [4.69, 9.17) is 4.74 Å². The number of nitrogens with zero attached hydrogens (tertiary/aromatic N) is 1. The van der Waals surface area contributed by atoms with Crippen LogP contribution in [0.2, 0.25) is 0 Å². The Hall–Kier alpha value is -3.12. The average Bonchev–Trinajstić information content (AvgIpc) is 3.18. The summed E-state index contributed by atoms with van der Waals surface area (Å²) in [6, 6.07) is 16.8. The summed E-state index contributed by atoms with van der Waals surface area (Å²) in [5, 5.41) is 19.4. The largest absolute Gasteiger partial charge is 0.496 e. The van der Waals surface area contributed by atoms with Gasteiger partial charge in [0.05, 0.1) is 37.2 Å². The summed E-state index contributed by atoms with van der Waals surface area (Å²) in [4.78, 5) is 12.7. The Balaban J connectivity index is 1.79. The molecule has 6 heteroatoms. The molecule has 2 aromatic carbocycles.